The van der Waals surface area contributed by atoms with Crippen LogP contribution in [0, 0.1) is 16.7 Å². The van der Waals surface area contributed by atoms with E-state index in [1.165, 1.54) is 16.8 Å². The van der Waals surface area contributed by atoms with Gasteiger partial charge in [-0.25, -0.2) is 9.36 Å². The predicted octanol–water partition coefficient (Wildman–Crippen LogP) is 2.92. The monoisotopic (exact) mass is 308 g/mol. The lowest BCUT2D eigenvalue weighted by molar-refractivity contribution is -0.0353. The van der Waals surface area contributed by atoms with Gasteiger partial charge in [0.2, 0.25) is 0 Å². The molecular weight excluding hydrogens is 280 g/mol. The van der Waals surface area contributed by atoms with Crippen LogP contribution in [0.25, 0.3) is 0 Å². The van der Waals surface area contributed by atoms with Gasteiger partial charge in [0.15, 0.2) is 0 Å². The van der Waals surface area contributed by atoms with Gasteiger partial charge in [0.25, 0.3) is 5.56 Å². The average molecular weight is 308 g/mol. The Morgan fingerprint density at radius 3 is 2.36 bits per heavy atom. The molecule has 0 radical (unpaired) electrons. The van der Waals surface area contributed by atoms with E-state index in [2.05, 4.69) is 46.5 Å². The van der Waals surface area contributed by atoms with Gasteiger partial charge in [-0.1, -0.05) is 41.5 Å². The molecule has 22 heavy (non-hydrogen) atoms. The minimum absolute atomic E-state index is 0.0523. The van der Waals surface area contributed by atoms with Crippen LogP contribution in [-0.2, 0) is 4.74 Å². The molecule has 2 heterocycles. The van der Waals surface area contributed by atoms with Crippen LogP contribution in [0.1, 0.15) is 60.6 Å². The van der Waals surface area contributed by atoms with Gasteiger partial charge in [-0.2, -0.15) is 0 Å². The van der Waals surface area contributed by atoms with Crippen molar-refractivity contribution in [3.05, 3.63) is 33.1 Å². The first kappa shape index (κ1) is 17.0. The van der Waals surface area contributed by atoms with Crippen molar-refractivity contribution in [2.24, 2.45) is 16.7 Å². The van der Waals surface area contributed by atoms with Crippen molar-refractivity contribution in [2.45, 2.75) is 66.7 Å². The molecule has 1 aliphatic heterocycles. The molecule has 1 fully saturated rings. The highest BCUT2D eigenvalue weighted by atomic mass is 16.5. The molecule has 3 atom stereocenters. The lowest BCUT2D eigenvalue weighted by atomic mass is 9.73. The quantitative estimate of drug-likeness (QED) is 0.913. The van der Waals surface area contributed by atoms with Crippen molar-refractivity contribution >= 4 is 0 Å². The summed E-state index contributed by atoms with van der Waals surface area (Å²) in [7, 11) is 0. The third-order valence-electron chi connectivity index (χ3n) is 4.34. The third-order valence-corrected chi connectivity index (χ3v) is 4.34. The summed E-state index contributed by atoms with van der Waals surface area (Å²) in [4.78, 5) is 26.6. The summed E-state index contributed by atoms with van der Waals surface area (Å²) in [5.74, 6) is 0.309. The molecule has 1 aromatic heterocycles. The van der Waals surface area contributed by atoms with Gasteiger partial charge in [-0.15, -0.1) is 0 Å². The Kier molecular flexibility index (Phi) is 4.39. The lowest BCUT2D eigenvalue weighted by Gasteiger charge is -2.33. The molecule has 5 heteroatoms. The summed E-state index contributed by atoms with van der Waals surface area (Å²) in [5, 5.41) is 0. The zero-order valence-corrected chi connectivity index (χ0v) is 14.5. The van der Waals surface area contributed by atoms with Gasteiger partial charge in [0.05, 0.1) is 6.10 Å². The Hall–Kier alpha value is -1.36. The van der Waals surface area contributed by atoms with Crippen LogP contribution < -0.4 is 11.2 Å². The number of nitrogens with zero attached hydrogens (tertiary/aromatic N) is 1. The van der Waals surface area contributed by atoms with Gasteiger partial charge in [0.1, 0.15) is 6.23 Å². The maximum atomic E-state index is 12.0. The molecule has 1 saturated heterocycles. The van der Waals surface area contributed by atoms with Crippen molar-refractivity contribution < 1.29 is 4.74 Å². The molecule has 0 saturated carbocycles. The lowest BCUT2D eigenvalue weighted by Crippen LogP contribution is -2.37. The Balaban J connectivity index is 2.35. The van der Waals surface area contributed by atoms with Crippen LogP contribution in [0.2, 0.25) is 0 Å². The van der Waals surface area contributed by atoms with Gasteiger partial charge in [-0.3, -0.25) is 4.79 Å². The number of rotatable bonds is 2. The van der Waals surface area contributed by atoms with Crippen LogP contribution >= 0.6 is 0 Å². The van der Waals surface area contributed by atoms with Crippen LogP contribution in [0.4, 0.5) is 0 Å². The number of aromatic amines is 1. The molecule has 124 valence electrons. The Labute approximate surface area is 131 Å². The van der Waals surface area contributed by atoms with E-state index >= 15 is 0 Å². The van der Waals surface area contributed by atoms with E-state index in [0.717, 1.165) is 6.42 Å². The first-order chi connectivity index (χ1) is 9.99. The van der Waals surface area contributed by atoms with Crippen molar-refractivity contribution in [1.29, 1.82) is 0 Å². The van der Waals surface area contributed by atoms with Crippen LogP contribution in [0.15, 0.2) is 21.9 Å². The molecule has 1 N–H and O–H groups in total. The standard InChI is InChI=1S/C17H28N2O3/c1-16(2,3)10-12-11(17(4,5)6)9-14(22-12)19-13(20)7-8-18-15(19)21/h7-8,11-12,14H,9-10H2,1-6H3,(H,18,21)/t11?,12-,14-/m1/s1. The van der Waals surface area contributed by atoms with Crippen LogP contribution in [0.5, 0.6) is 0 Å². The van der Waals surface area contributed by atoms with E-state index in [1.54, 1.807) is 0 Å². The first-order valence-electron chi connectivity index (χ1n) is 7.95. The normalized spacial score (nSPS) is 26.4. The molecule has 5 nitrogen and oxygen atoms in total. The fraction of sp³-hybridized carbons (Fsp3) is 0.765. The smallest absolute Gasteiger partial charge is 0.330 e. The SMILES string of the molecule is CC(C)(C)C[C@H]1O[C@@H](n2c(=O)cc[nH]c2=O)CC1C(C)(C)C. The van der Waals surface area contributed by atoms with E-state index in [1.807, 2.05) is 0 Å². The van der Waals surface area contributed by atoms with Crippen molar-refractivity contribution in [1.82, 2.24) is 9.55 Å². The fourth-order valence-corrected chi connectivity index (χ4v) is 3.30. The highest BCUT2D eigenvalue weighted by molar-refractivity contribution is 4.93. The molecule has 0 bridgehead atoms. The zero-order chi connectivity index (χ0) is 16.7. The van der Waals surface area contributed by atoms with Crippen molar-refractivity contribution in [3.63, 3.8) is 0 Å². The van der Waals surface area contributed by atoms with E-state index in [-0.39, 0.29) is 22.5 Å². The molecule has 0 amide bonds. The van der Waals surface area contributed by atoms with E-state index in [0.29, 0.717) is 12.3 Å². The topological polar surface area (TPSA) is 64.1 Å². The Morgan fingerprint density at radius 2 is 1.86 bits per heavy atom. The molecule has 1 unspecified atom stereocenters. The van der Waals surface area contributed by atoms with Gasteiger partial charge < -0.3 is 9.72 Å². The van der Waals surface area contributed by atoms with Gasteiger partial charge in [-0.05, 0) is 29.6 Å². The first-order valence-corrected chi connectivity index (χ1v) is 7.95. The maximum absolute atomic E-state index is 12.0. The second-order valence-electron chi connectivity index (χ2n) is 8.59. The van der Waals surface area contributed by atoms with Crippen molar-refractivity contribution in [3.8, 4) is 0 Å². The second kappa shape index (κ2) is 5.69. The molecule has 0 spiro atoms. The van der Waals surface area contributed by atoms with E-state index in [4.69, 9.17) is 4.74 Å². The van der Waals surface area contributed by atoms with Crippen molar-refractivity contribution in [2.75, 3.05) is 0 Å². The molecule has 0 aromatic carbocycles. The number of aromatic nitrogens is 2. The number of hydrogen-bond donors (Lipinski definition) is 1. The minimum Gasteiger partial charge on any atom is -0.354 e. The zero-order valence-electron chi connectivity index (χ0n) is 14.5. The van der Waals surface area contributed by atoms with E-state index in [9.17, 15) is 9.59 Å². The summed E-state index contributed by atoms with van der Waals surface area (Å²) in [6, 6.07) is 1.37. The fourth-order valence-electron chi connectivity index (χ4n) is 3.30. The Bertz CT molecular complexity index is 603. The largest absolute Gasteiger partial charge is 0.354 e. The highest BCUT2D eigenvalue weighted by Gasteiger charge is 2.44. The number of hydrogen-bond acceptors (Lipinski definition) is 3. The van der Waals surface area contributed by atoms with Gasteiger partial charge in [0, 0.05) is 12.3 Å². The Morgan fingerprint density at radius 1 is 1.23 bits per heavy atom. The number of H-pyrrole nitrogens is 1. The minimum atomic E-state index is -0.478. The predicted molar refractivity (Wildman–Crippen MR) is 86.9 cm³/mol. The highest BCUT2D eigenvalue weighted by Crippen LogP contribution is 2.46. The second-order valence-corrected chi connectivity index (χ2v) is 8.59. The molecular formula is C17H28N2O3. The maximum Gasteiger partial charge on any atom is 0.330 e. The van der Waals surface area contributed by atoms with Crippen LogP contribution in [0.3, 0.4) is 0 Å². The third kappa shape index (κ3) is 3.69. The summed E-state index contributed by atoms with van der Waals surface area (Å²) < 4.78 is 7.38. The summed E-state index contributed by atoms with van der Waals surface area (Å²) >= 11 is 0. The number of ether oxygens (including phenoxy) is 1. The molecule has 2 rings (SSSR count). The molecule has 1 aliphatic rings. The summed E-state index contributed by atoms with van der Waals surface area (Å²) in [6.07, 6.45) is 2.55. The van der Waals surface area contributed by atoms with Gasteiger partial charge >= 0.3 is 5.69 Å². The average Bonchev–Trinajstić information content (AvgIpc) is 2.69. The van der Waals surface area contributed by atoms with Crippen LogP contribution in [-0.4, -0.2) is 15.7 Å². The summed E-state index contributed by atoms with van der Waals surface area (Å²) in [6.45, 7) is 13.1. The molecule has 1 aromatic rings. The molecule has 0 aliphatic carbocycles. The summed E-state index contributed by atoms with van der Waals surface area (Å²) in [5.41, 5.74) is -0.508. The number of nitrogens with one attached hydrogen (secondary N) is 1. The van der Waals surface area contributed by atoms with E-state index < -0.39 is 11.9 Å².